The van der Waals surface area contributed by atoms with E-state index in [1.54, 1.807) is 21.1 Å². The van der Waals surface area contributed by atoms with Crippen molar-refractivity contribution in [3.05, 3.63) is 42.5 Å². The smallest absolute Gasteiger partial charge is 0.372 e. The minimum atomic E-state index is -2.43. The number of benzene rings is 1. The van der Waals surface area contributed by atoms with Gasteiger partial charge in [0.25, 0.3) is 0 Å². The van der Waals surface area contributed by atoms with Gasteiger partial charge < -0.3 is 13.6 Å². The Labute approximate surface area is 121 Å². The zero-order valence-corrected chi connectivity index (χ0v) is 13.3. The van der Waals surface area contributed by atoms with Crippen molar-refractivity contribution in [2.75, 3.05) is 20.8 Å². The fourth-order valence-electron chi connectivity index (χ4n) is 1.95. The van der Waals surface area contributed by atoms with Gasteiger partial charge in [-0.05, 0) is 24.6 Å². The second kappa shape index (κ2) is 7.99. The van der Waals surface area contributed by atoms with Gasteiger partial charge in [-0.25, -0.2) is 4.79 Å². The second-order valence-electron chi connectivity index (χ2n) is 4.55. The normalized spacial score (nSPS) is 11.2. The van der Waals surface area contributed by atoms with E-state index >= 15 is 0 Å². The lowest BCUT2D eigenvalue weighted by atomic mass is 10.4. The van der Waals surface area contributed by atoms with Crippen LogP contribution in [0.4, 0.5) is 0 Å². The molecular formula is C15H22O4Si. The summed E-state index contributed by atoms with van der Waals surface area (Å²) in [6, 6.07) is 10.7. The number of rotatable bonds is 8. The summed E-state index contributed by atoms with van der Waals surface area (Å²) >= 11 is 0. The lowest BCUT2D eigenvalue weighted by Gasteiger charge is -2.27. The van der Waals surface area contributed by atoms with Gasteiger partial charge in [0.15, 0.2) is 0 Å². The summed E-state index contributed by atoms with van der Waals surface area (Å²) in [4.78, 5) is 11.3. The summed E-state index contributed by atoms with van der Waals surface area (Å²) in [6.07, 6.45) is 0.696. The van der Waals surface area contributed by atoms with E-state index in [1.807, 2.05) is 30.3 Å². The van der Waals surface area contributed by atoms with Gasteiger partial charge in [-0.1, -0.05) is 36.9 Å². The third kappa shape index (κ3) is 4.30. The molecule has 110 valence electrons. The molecule has 1 aromatic rings. The summed E-state index contributed by atoms with van der Waals surface area (Å²) in [6.45, 7) is 5.53. The molecule has 0 spiro atoms. The number of carbonyl (C=O) groups is 1. The first-order valence-corrected chi connectivity index (χ1v) is 8.56. The van der Waals surface area contributed by atoms with Crippen molar-refractivity contribution in [1.29, 1.82) is 0 Å². The Balaban J connectivity index is 2.60. The van der Waals surface area contributed by atoms with Crippen LogP contribution in [0, 0.1) is 0 Å². The van der Waals surface area contributed by atoms with Gasteiger partial charge in [0.05, 0.1) is 6.61 Å². The Morgan fingerprint density at radius 2 is 1.80 bits per heavy atom. The van der Waals surface area contributed by atoms with Crippen molar-refractivity contribution in [3.8, 4) is 0 Å². The molecule has 1 rings (SSSR count). The van der Waals surface area contributed by atoms with E-state index in [4.69, 9.17) is 13.6 Å². The summed E-state index contributed by atoms with van der Waals surface area (Å²) in [5.41, 5.74) is 0.412. The highest BCUT2D eigenvalue weighted by Crippen LogP contribution is 2.15. The van der Waals surface area contributed by atoms with Crippen LogP contribution in [0.3, 0.4) is 0 Å². The molecule has 0 atom stereocenters. The third-order valence-corrected chi connectivity index (χ3v) is 6.65. The van der Waals surface area contributed by atoms with E-state index in [1.165, 1.54) is 0 Å². The zero-order chi connectivity index (χ0) is 15.0. The zero-order valence-electron chi connectivity index (χ0n) is 12.3. The molecule has 0 bridgehead atoms. The van der Waals surface area contributed by atoms with E-state index < -0.39 is 8.56 Å². The number of esters is 1. The largest absolute Gasteiger partial charge is 0.462 e. The molecule has 0 radical (unpaired) electrons. The molecule has 4 nitrogen and oxygen atoms in total. The Morgan fingerprint density at radius 1 is 1.20 bits per heavy atom. The van der Waals surface area contributed by atoms with Crippen molar-refractivity contribution in [2.45, 2.75) is 19.4 Å². The monoisotopic (exact) mass is 294 g/mol. The van der Waals surface area contributed by atoms with E-state index in [9.17, 15) is 4.79 Å². The maximum absolute atomic E-state index is 11.3. The molecule has 0 amide bonds. The van der Waals surface area contributed by atoms with E-state index in [0.717, 1.165) is 11.2 Å². The highest BCUT2D eigenvalue weighted by molar-refractivity contribution is 6.81. The van der Waals surface area contributed by atoms with Gasteiger partial charge in [0, 0.05) is 19.8 Å². The van der Waals surface area contributed by atoms with E-state index in [-0.39, 0.29) is 5.97 Å². The average molecular weight is 294 g/mol. The first-order chi connectivity index (χ1) is 9.55. The maximum atomic E-state index is 11.3. The van der Waals surface area contributed by atoms with Crippen LogP contribution in [0.5, 0.6) is 0 Å². The molecule has 0 unspecified atom stereocenters. The molecule has 1 aromatic carbocycles. The van der Waals surface area contributed by atoms with Crippen LogP contribution in [0.15, 0.2) is 42.5 Å². The number of hydrogen-bond donors (Lipinski definition) is 0. The van der Waals surface area contributed by atoms with Crippen molar-refractivity contribution in [3.63, 3.8) is 0 Å². The van der Waals surface area contributed by atoms with Crippen LogP contribution < -0.4 is 5.19 Å². The van der Waals surface area contributed by atoms with Gasteiger partial charge in [-0.15, -0.1) is 0 Å². The number of carbonyl (C=O) groups excluding carboxylic acids is 1. The van der Waals surface area contributed by atoms with E-state index in [0.29, 0.717) is 18.6 Å². The summed E-state index contributed by atoms with van der Waals surface area (Å²) < 4.78 is 16.5. The highest BCUT2D eigenvalue weighted by atomic mass is 28.4. The predicted octanol–water partition coefficient (Wildman–Crippen LogP) is 2.14. The van der Waals surface area contributed by atoms with Crippen molar-refractivity contribution < 1.29 is 18.4 Å². The molecule has 5 heteroatoms. The fourth-order valence-corrected chi connectivity index (χ4v) is 4.60. The van der Waals surface area contributed by atoms with Gasteiger partial charge in [-0.2, -0.15) is 0 Å². The van der Waals surface area contributed by atoms with Gasteiger partial charge in [0.2, 0.25) is 0 Å². The summed E-state index contributed by atoms with van der Waals surface area (Å²) in [5.74, 6) is -0.355. The molecule has 0 aromatic heterocycles. The van der Waals surface area contributed by atoms with Crippen LogP contribution in [-0.4, -0.2) is 35.4 Å². The van der Waals surface area contributed by atoms with Gasteiger partial charge in [0.1, 0.15) is 0 Å². The van der Waals surface area contributed by atoms with Crippen LogP contribution in [0.1, 0.15) is 13.3 Å². The lowest BCUT2D eigenvalue weighted by Crippen LogP contribution is -2.52. The lowest BCUT2D eigenvalue weighted by molar-refractivity contribution is -0.138. The minimum Gasteiger partial charge on any atom is -0.462 e. The fraction of sp³-hybridized carbons (Fsp3) is 0.400. The number of ether oxygens (including phenoxy) is 1. The molecular weight excluding hydrogens is 272 g/mol. The third-order valence-electron chi connectivity index (χ3n) is 3.10. The molecule has 20 heavy (non-hydrogen) atoms. The maximum Gasteiger partial charge on any atom is 0.372 e. The van der Waals surface area contributed by atoms with Crippen LogP contribution in [0.25, 0.3) is 0 Å². The molecule has 0 saturated carbocycles. The molecule has 0 fully saturated rings. The average Bonchev–Trinajstić information content (AvgIpc) is 2.48. The topological polar surface area (TPSA) is 44.8 Å². The van der Waals surface area contributed by atoms with Gasteiger partial charge >= 0.3 is 14.5 Å². The number of hydrogen-bond acceptors (Lipinski definition) is 4. The summed E-state index contributed by atoms with van der Waals surface area (Å²) in [5, 5.41) is 1.08. The van der Waals surface area contributed by atoms with Gasteiger partial charge in [-0.3, -0.25) is 0 Å². The molecule has 0 aliphatic rings. The first-order valence-electron chi connectivity index (χ1n) is 6.54. The predicted molar refractivity (Wildman–Crippen MR) is 81.0 cm³/mol. The SMILES string of the molecule is C=C(C)C(=O)OCCC[Si](OC)(OC)c1ccccc1. The van der Waals surface area contributed by atoms with Crippen molar-refractivity contribution in [1.82, 2.24) is 0 Å². The van der Waals surface area contributed by atoms with Crippen LogP contribution in [-0.2, 0) is 18.4 Å². The van der Waals surface area contributed by atoms with Crippen LogP contribution >= 0.6 is 0 Å². The second-order valence-corrected chi connectivity index (χ2v) is 7.95. The molecule has 0 heterocycles. The Bertz CT molecular complexity index is 440. The Morgan fingerprint density at radius 3 is 2.30 bits per heavy atom. The first kappa shape index (κ1) is 16.6. The molecule has 0 saturated heterocycles. The quantitative estimate of drug-likeness (QED) is 0.319. The van der Waals surface area contributed by atoms with Crippen LogP contribution in [0.2, 0.25) is 6.04 Å². The molecule has 0 aliphatic carbocycles. The van der Waals surface area contributed by atoms with E-state index in [2.05, 4.69) is 6.58 Å². The molecule has 0 N–H and O–H groups in total. The van der Waals surface area contributed by atoms with Crippen molar-refractivity contribution in [2.24, 2.45) is 0 Å². The Hall–Kier alpha value is -1.43. The Kier molecular flexibility index (Phi) is 6.64. The minimum absolute atomic E-state index is 0.347. The molecule has 0 aliphatic heterocycles. The standard InChI is InChI=1S/C15H22O4Si/c1-13(2)15(16)19-11-8-12-20(17-3,18-4)14-9-6-5-7-10-14/h5-7,9-10H,1,8,11-12H2,2-4H3. The summed E-state index contributed by atoms with van der Waals surface area (Å²) in [7, 11) is 0.906. The highest BCUT2D eigenvalue weighted by Gasteiger charge is 2.37. The van der Waals surface area contributed by atoms with Crippen molar-refractivity contribution >= 4 is 19.7 Å².